The van der Waals surface area contributed by atoms with Crippen molar-refractivity contribution < 1.29 is 22.4 Å². The number of carbonyl (C=O) groups excluding carboxylic acids is 1. The molecule has 0 bridgehead atoms. The minimum Gasteiger partial charge on any atom is -0.451 e. The SMILES string of the molecule is Cc1c(C(=O)N2CCOCC2)oc2ccc(S(=O)(=O)N3CC(C)CC(C)C3)cc12. The molecule has 158 valence electrons. The highest BCUT2D eigenvalue weighted by molar-refractivity contribution is 7.89. The fraction of sp³-hybridized carbons (Fsp3) is 0.571. The van der Waals surface area contributed by atoms with Crippen LogP contribution in [0.3, 0.4) is 0 Å². The van der Waals surface area contributed by atoms with Gasteiger partial charge in [-0.15, -0.1) is 0 Å². The maximum absolute atomic E-state index is 13.2. The van der Waals surface area contributed by atoms with E-state index in [-0.39, 0.29) is 16.6 Å². The van der Waals surface area contributed by atoms with Gasteiger partial charge in [0, 0.05) is 37.1 Å². The molecule has 7 nitrogen and oxygen atoms in total. The smallest absolute Gasteiger partial charge is 0.290 e. The monoisotopic (exact) mass is 420 g/mol. The molecule has 2 fully saturated rings. The first kappa shape index (κ1) is 20.4. The van der Waals surface area contributed by atoms with E-state index >= 15 is 0 Å². The highest BCUT2D eigenvalue weighted by Gasteiger charge is 2.32. The normalized spacial score (nSPS) is 24.2. The number of aryl methyl sites for hydroxylation is 1. The Morgan fingerprint density at radius 1 is 1.10 bits per heavy atom. The first-order valence-corrected chi connectivity index (χ1v) is 11.6. The second-order valence-corrected chi connectivity index (χ2v) is 10.3. The van der Waals surface area contributed by atoms with Gasteiger partial charge in [0.2, 0.25) is 10.0 Å². The van der Waals surface area contributed by atoms with E-state index in [1.165, 1.54) is 0 Å². The number of piperidine rings is 1. The Balaban J connectivity index is 1.67. The Labute approximate surface area is 171 Å². The number of furan rings is 1. The molecule has 2 atom stereocenters. The third kappa shape index (κ3) is 3.81. The van der Waals surface area contributed by atoms with Crippen LogP contribution in [0.25, 0.3) is 11.0 Å². The summed E-state index contributed by atoms with van der Waals surface area (Å²) in [6.45, 7) is 9.14. The average Bonchev–Trinajstić information content (AvgIpc) is 3.03. The summed E-state index contributed by atoms with van der Waals surface area (Å²) in [5, 5.41) is 0.667. The van der Waals surface area contributed by atoms with E-state index in [9.17, 15) is 13.2 Å². The van der Waals surface area contributed by atoms with Gasteiger partial charge in [-0.25, -0.2) is 8.42 Å². The van der Waals surface area contributed by atoms with Crippen LogP contribution < -0.4 is 0 Å². The van der Waals surface area contributed by atoms with Gasteiger partial charge in [0.25, 0.3) is 5.91 Å². The Bertz CT molecular complexity index is 1010. The Hall–Kier alpha value is -1.90. The molecular weight excluding hydrogens is 392 g/mol. The number of hydrogen-bond donors (Lipinski definition) is 0. The predicted octanol–water partition coefficient (Wildman–Crippen LogP) is 2.88. The highest BCUT2D eigenvalue weighted by atomic mass is 32.2. The van der Waals surface area contributed by atoms with E-state index in [0.717, 1.165) is 6.42 Å². The number of sulfonamides is 1. The number of carbonyl (C=O) groups is 1. The van der Waals surface area contributed by atoms with Crippen LogP contribution in [-0.4, -0.2) is 62.9 Å². The minimum atomic E-state index is -3.59. The number of rotatable bonds is 3. The molecule has 3 heterocycles. The lowest BCUT2D eigenvalue weighted by atomic mass is 9.94. The van der Waals surface area contributed by atoms with Crippen LogP contribution in [0, 0.1) is 18.8 Å². The molecule has 4 rings (SSSR count). The van der Waals surface area contributed by atoms with Gasteiger partial charge in [-0.1, -0.05) is 13.8 Å². The molecule has 8 heteroatoms. The summed E-state index contributed by atoms with van der Waals surface area (Å²) in [4.78, 5) is 14.8. The number of morpholine rings is 1. The van der Waals surface area contributed by atoms with Crippen molar-refractivity contribution >= 4 is 26.9 Å². The van der Waals surface area contributed by atoms with E-state index < -0.39 is 10.0 Å². The molecule has 1 aromatic carbocycles. The first-order chi connectivity index (χ1) is 13.8. The van der Waals surface area contributed by atoms with Gasteiger partial charge in [-0.2, -0.15) is 4.31 Å². The predicted molar refractivity (Wildman–Crippen MR) is 109 cm³/mol. The van der Waals surface area contributed by atoms with Crippen molar-refractivity contribution in [2.24, 2.45) is 11.8 Å². The number of nitrogens with zero attached hydrogens (tertiary/aromatic N) is 2. The molecule has 1 amide bonds. The summed E-state index contributed by atoms with van der Waals surface area (Å²) in [6, 6.07) is 4.87. The Morgan fingerprint density at radius 2 is 1.76 bits per heavy atom. The van der Waals surface area contributed by atoms with Gasteiger partial charge in [-0.3, -0.25) is 4.79 Å². The lowest BCUT2D eigenvalue weighted by molar-refractivity contribution is 0.0283. The summed E-state index contributed by atoms with van der Waals surface area (Å²) in [6.07, 6.45) is 1.04. The van der Waals surface area contributed by atoms with E-state index in [2.05, 4.69) is 13.8 Å². The van der Waals surface area contributed by atoms with Gasteiger partial charge in [0.1, 0.15) is 5.58 Å². The number of ether oxygens (including phenoxy) is 1. The summed E-state index contributed by atoms with van der Waals surface area (Å²) in [5.41, 5.74) is 1.20. The Kier molecular flexibility index (Phi) is 5.44. The summed E-state index contributed by atoms with van der Waals surface area (Å²) >= 11 is 0. The van der Waals surface area contributed by atoms with Crippen LogP contribution in [0.15, 0.2) is 27.5 Å². The fourth-order valence-corrected chi connectivity index (χ4v) is 6.13. The molecule has 1 aromatic heterocycles. The van der Waals surface area contributed by atoms with E-state index in [0.29, 0.717) is 67.8 Å². The molecular formula is C21H28N2O5S. The number of benzene rings is 1. The largest absolute Gasteiger partial charge is 0.451 e. The zero-order chi connectivity index (χ0) is 20.8. The molecule has 2 unspecified atom stereocenters. The Morgan fingerprint density at radius 3 is 2.41 bits per heavy atom. The third-order valence-electron chi connectivity index (χ3n) is 5.87. The lowest BCUT2D eigenvalue weighted by Crippen LogP contribution is -2.42. The maximum Gasteiger partial charge on any atom is 0.290 e. The third-order valence-corrected chi connectivity index (χ3v) is 7.70. The molecule has 2 aliphatic heterocycles. The van der Waals surface area contributed by atoms with Crippen LogP contribution >= 0.6 is 0 Å². The van der Waals surface area contributed by atoms with E-state index in [1.54, 1.807) is 34.3 Å². The first-order valence-electron chi connectivity index (χ1n) is 10.2. The molecule has 0 aliphatic carbocycles. The van der Waals surface area contributed by atoms with Crippen molar-refractivity contribution in [2.45, 2.75) is 32.1 Å². The number of hydrogen-bond acceptors (Lipinski definition) is 5. The van der Waals surface area contributed by atoms with Crippen molar-refractivity contribution in [1.82, 2.24) is 9.21 Å². The average molecular weight is 421 g/mol. The van der Waals surface area contributed by atoms with Crippen LogP contribution in [0.2, 0.25) is 0 Å². The second kappa shape index (κ2) is 7.74. The van der Waals surface area contributed by atoms with Gasteiger partial charge in [0.05, 0.1) is 18.1 Å². The molecule has 2 saturated heterocycles. The van der Waals surface area contributed by atoms with Crippen LogP contribution in [0.5, 0.6) is 0 Å². The van der Waals surface area contributed by atoms with Crippen molar-refractivity contribution in [3.63, 3.8) is 0 Å². The minimum absolute atomic E-state index is 0.176. The van der Waals surface area contributed by atoms with Gasteiger partial charge >= 0.3 is 0 Å². The van der Waals surface area contributed by atoms with Gasteiger partial charge in [-0.05, 0) is 43.4 Å². The van der Waals surface area contributed by atoms with Gasteiger partial charge in [0.15, 0.2) is 5.76 Å². The quantitative estimate of drug-likeness (QED) is 0.763. The molecule has 0 radical (unpaired) electrons. The second-order valence-electron chi connectivity index (χ2n) is 8.39. The summed E-state index contributed by atoms with van der Waals surface area (Å²) < 4.78 is 39.2. The molecule has 29 heavy (non-hydrogen) atoms. The van der Waals surface area contributed by atoms with E-state index in [1.807, 2.05) is 0 Å². The zero-order valence-electron chi connectivity index (χ0n) is 17.2. The lowest BCUT2D eigenvalue weighted by Gasteiger charge is -2.34. The number of amides is 1. The van der Waals surface area contributed by atoms with Crippen molar-refractivity contribution in [3.05, 3.63) is 29.5 Å². The molecule has 2 aromatic rings. The maximum atomic E-state index is 13.2. The molecule has 0 spiro atoms. The standard InChI is InChI=1S/C21H28N2O5S/c1-14-10-15(2)13-23(12-14)29(25,26)17-4-5-19-18(11-17)16(3)20(28-19)21(24)22-6-8-27-9-7-22/h4-5,11,14-15H,6-10,12-13H2,1-3H3. The van der Waals surface area contributed by atoms with Crippen molar-refractivity contribution in [2.75, 3.05) is 39.4 Å². The van der Waals surface area contributed by atoms with Crippen LogP contribution in [0.1, 0.15) is 36.4 Å². The molecule has 2 aliphatic rings. The summed E-state index contributed by atoms with van der Waals surface area (Å²) in [7, 11) is -3.59. The zero-order valence-corrected chi connectivity index (χ0v) is 18.0. The summed E-state index contributed by atoms with van der Waals surface area (Å²) in [5.74, 6) is 0.776. The number of fused-ring (bicyclic) bond motifs is 1. The van der Waals surface area contributed by atoms with Crippen LogP contribution in [0.4, 0.5) is 0 Å². The molecule has 0 N–H and O–H groups in total. The highest BCUT2D eigenvalue weighted by Crippen LogP contribution is 2.31. The van der Waals surface area contributed by atoms with Crippen molar-refractivity contribution in [1.29, 1.82) is 0 Å². The van der Waals surface area contributed by atoms with E-state index in [4.69, 9.17) is 9.15 Å². The van der Waals surface area contributed by atoms with Crippen molar-refractivity contribution in [3.8, 4) is 0 Å². The molecule has 0 saturated carbocycles. The van der Waals surface area contributed by atoms with Gasteiger partial charge < -0.3 is 14.1 Å². The topological polar surface area (TPSA) is 80.1 Å². The fourth-order valence-electron chi connectivity index (χ4n) is 4.43. The van der Waals surface area contributed by atoms with Crippen LogP contribution in [-0.2, 0) is 14.8 Å².